The Balaban J connectivity index is 1.74. The molecule has 9 nitrogen and oxygen atoms in total. The molecule has 0 unspecified atom stereocenters. The van der Waals surface area contributed by atoms with E-state index in [1.54, 1.807) is 17.9 Å². The Labute approximate surface area is 209 Å². The highest BCUT2D eigenvalue weighted by Crippen LogP contribution is 2.41. The largest absolute Gasteiger partial charge is 0.465 e. The lowest BCUT2D eigenvalue weighted by Gasteiger charge is -2.38. The molecule has 0 fully saturated rings. The first kappa shape index (κ1) is 24.3. The van der Waals surface area contributed by atoms with Crippen LogP contribution in [0.15, 0.2) is 97.2 Å². The normalized spacial score (nSPS) is 10.9. The Hall–Kier alpha value is -4.79. The zero-order chi connectivity index (χ0) is 25.4. The highest BCUT2D eigenvalue weighted by Gasteiger charge is 2.37. The highest BCUT2D eigenvalue weighted by molar-refractivity contribution is 5.92. The van der Waals surface area contributed by atoms with E-state index in [-0.39, 0.29) is 13.1 Å². The number of hydrogen-bond donors (Lipinski definition) is 5. The minimum Gasteiger partial charge on any atom is -0.465 e. The fourth-order valence-corrected chi connectivity index (χ4v) is 4.15. The van der Waals surface area contributed by atoms with Gasteiger partial charge >= 0.3 is 12.1 Å². The Bertz CT molecular complexity index is 1200. The summed E-state index contributed by atoms with van der Waals surface area (Å²) in [6.07, 6.45) is 0.429. The first-order valence-corrected chi connectivity index (χ1v) is 11.5. The molecule has 0 saturated carbocycles. The lowest BCUT2D eigenvalue weighted by atomic mass is 9.77. The molecule has 36 heavy (non-hydrogen) atoms. The van der Waals surface area contributed by atoms with Crippen molar-refractivity contribution in [1.82, 2.24) is 20.4 Å². The third-order valence-electron chi connectivity index (χ3n) is 5.80. The number of aromatic nitrogens is 2. The maximum atomic E-state index is 12.5. The third-order valence-corrected chi connectivity index (χ3v) is 5.80. The van der Waals surface area contributed by atoms with Gasteiger partial charge in [0.15, 0.2) is 0 Å². The summed E-state index contributed by atoms with van der Waals surface area (Å²) in [5.74, 6) is 0.602. The number of aryl methyl sites for hydroxylation is 1. The first-order chi connectivity index (χ1) is 17.5. The number of urea groups is 1. The number of carbonyl (C=O) groups is 2. The van der Waals surface area contributed by atoms with E-state index < -0.39 is 17.7 Å². The number of nitrogens with zero attached hydrogens (tertiary/aromatic N) is 2. The lowest BCUT2D eigenvalue weighted by Crippen LogP contribution is -2.39. The van der Waals surface area contributed by atoms with Crippen LogP contribution < -0.4 is 21.3 Å². The number of rotatable bonds is 9. The van der Waals surface area contributed by atoms with E-state index in [4.69, 9.17) is 5.11 Å². The van der Waals surface area contributed by atoms with E-state index in [0.29, 0.717) is 11.5 Å². The van der Waals surface area contributed by atoms with E-state index in [9.17, 15) is 9.59 Å². The van der Waals surface area contributed by atoms with Gasteiger partial charge in [0.05, 0.1) is 6.20 Å². The highest BCUT2D eigenvalue weighted by atomic mass is 16.4. The summed E-state index contributed by atoms with van der Waals surface area (Å²) in [7, 11) is 1.80. The van der Waals surface area contributed by atoms with E-state index in [1.807, 2.05) is 54.6 Å². The summed E-state index contributed by atoms with van der Waals surface area (Å²) in [5.41, 5.74) is 2.72. The maximum Gasteiger partial charge on any atom is 0.404 e. The first-order valence-electron chi connectivity index (χ1n) is 11.5. The Kier molecular flexibility index (Phi) is 7.50. The SMILES string of the molecule is Cn1ncc(NC(=O)NCCNC(=O)O)c1NC(c1ccccc1)(c1ccccc1)c1ccccc1. The van der Waals surface area contributed by atoms with Gasteiger partial charge < -0.3 is 26.4 Å². The summed E-state index contributed by atoms with van der Waals surface area (Å²) >= 11 is 0. The predicted octanol–water partition coefficient (Wildman–Crippen LogP) is 4.21. The molecular weight excluding hydrogens is 456 g/mol. The minimum atomic E-state index is -1.14. The van der Waals surface area contributed by atoms with E-state index in [0.717, 1.165) is 16.7 Å². The summed E-state index contributed by atoms with van der Waals surface area (Å²) in [5, 5.41) is 24.5. The number of benzene rings is 3. The van der Waals surface area contributed by atoms with Crippen molar-refractivity contribution >= 4 is 23.6 Å². The molecule has 0 aliphatic carbocycles. The van der Waals surface area contributed by atoms with Gasteiger partial charge in [0.25, 0.3) is 0 Å². The summed E-state index contributed by atoms with van der Waals surface area (Å²) in [4.78, 5) is 23.1. The van der Waals surface area contributed by atoms with Crippen molar-refractivity contribution in [2.24, 2.45) is 7.05 Å². The monoisotopic (exact) mass is 484 g/mol. The molecule has 3 amide bonds. The number of carbonyl (C=O) groups excluding carboxylic acids is 1. The second-order valence-corrected chi connectivity index (χ2v) is 8.12. The van der Waals surface area contributed by atoms with Crippen molar-refractivity contribution in [2.75, 3.05) is 23.7 Å². The van der Waals surface area contributed by atoms with Crippen LogP contribution in [0.5, 0.6) is 0 Å². The molecule has 5 N–H and O–H groups in total. The molecule has 1 aromatic heterocycles. The number of anilines is 2. The fraction of sp³-hybridized carbons (Fsp3) is 0.148. The summed E-state index contributed by atoms with van der Waals surface area (Å²) in [6.45, 7) is 0.239. The standard InChI is InChI=1S/C27H28N6O3/c1-33-24(23(19-30-33)31-25(34)28-17-18-29-26(35)36)32-27(20-11-5-2-6-12-20,21-13-7-3-8-14-21)22-15-9-4-10-16-22/h2-16,19,29,32H,17-18H2,1H3,(H,35,36)(H2,28,31,34). The van der Waals surface area contributed by atoms with Gasteiger partial charge in [-0.25, -0.2) is 9.59 Å². The number of amides is 3. The quantitative estimate of drug-likeness (QED) is 0.180. The second kappa shape index (κ2) is 11.1. The number of nitrogens with one attached hydrogen (secondary N) is 4. The van der Waals surface area contributed by atoms with Crippen LogP contribution in [0, 0.1) is 0 Å². The summed E-state index contributed by atoms with van der Waals surface area (Å²) < 4.78 is 1.67. The van der Waals surface area contributed by atoms with Crippen LogP contribution in [-0.2, 0) is 12.6 Å². The molecule has 0 aliphatic heterocycles. The molecule has 184 valence electrons. The van der Waals surface area contributed by atoms with Crippen molar-refractivity contribution < 1.29 is 14.7 Å². The molecule has 0 spiro atoms. The van der Waals surface area contributed by atoms with Gasteiger partial charge in [-0.1, -0.05) is 91.0 Å². The zero-order valence-electron chi connectivity index (χ0n) is 19.8. The van der Waals surface area contributed by atoms with Gasteiger partial charge in [-0.2, -0.15) is 5.10 Å². The van der Waals surface area contributed by atoms with Crippen LogP contribution in [0.4, 0.5) is 21.1 Å². The molecule has 1 heterocycles. The van der Waals surface area contributed by atoms with Crippen LogP contribution in [0.2, 0.25) is 0 Å². The van der Waals surface area contributed by atoms with Gasteiger partial charge in [0.1, 0.15) is 17.0 Å². The van der Waals surface area contributed by atoms with E-state index in [2.05, 4.69) is 62.8 Å². The average molecular weight is 485 g/mol. The van der Waals surface area contributed by atoms with Crippen molar-refractivity contribution in [3.63, 3.8) is 0 Å². The number of hydrogen-bond acceptors (Lipinski definition) is 4. The fourth-order valence-electron chi connectivity index (χ4n) is 4.15. The van der Waals surface area contributed by atoms with Gasteiger partial charge in [-0.05, 0) is 16.7 Å². The third kappa shape index (κ3) is 5.30. The Morgan fingerprint density at radius 2 is 1.28 bits per heavy atom. The smallest absolute Gasteiger partial charge is 0.404 e. The van der Waals surface area contributed by atoms with Gasteiger partial charge in [0, 0.05) is 20.1 Å². The van der Waals surface area contributed by atoms with Crippen molar-refractivity contribution in [3.05, 3.63) is 114 Å². The van der Waals surface area contributed by atoms with Crippen molar-refractivity contribution in [3.8, 4) is 0 Å². The van der Waals surface area contributed by atoms with Crippen molar-refractivity contribution in [1.29, 1.82) is 0 Å². The Morgan fingerprint density at radius 3 is 1.75 bits per heavy atom. The lowest BCUT2D eigenvalue weighted by molar-refractivity contribution is 0.194. The van der Waals surface area contributed by atoms with Crippen LogP contribution in [0.25, 0.3) is 0 Å². The molecule has 4 rings (SSSR count). The van der Waals surface area contributed by atoms with Gasteiger partial charge in [0.2, 0.25) is 0 Å². The Morgan fingerprint density at radius 1 is 0.806 bits per heavy atom. The molecule has 4 aromatic rings. The molecule has 0 radical (unpaired) electrons. The predicted molar refractivity (Wildman–Crippen MR) is 139 cm³/mol. The van der Waals surface area contributed by atoms with Gasteiger partial charge in [-0.15, -0.1) is 0 Å². The van der Waals surface area contributed by atoms with E-state index in [1.165, 1.54) is 0 Å². The van der Waals surface area contributed by atoms with Crippen LogP contribution in [0.3, 0.4) is 0 Å². The summed E-state index contributed by atoms with van der Waals surface area (Å²) in [6, 6.07) is 29.9. The average Bonchev–Trinajstić information content (AvgIpc) is 3.24. The molecule has 0 aliphatic rings. The minimum absolute atomic E-state index is 0.0973. The van der Waals surface area contributed by atoms with E-state index >= 15 is 0 Å². The van der Waals surface area contributed by atoms with Crippen LogP contribution in [0.1, 0.15) is 16.7 Å². The number of carboxylic acid groups (broad SMARTS) is 1. The van der Waals surface area contributed by atoms with Gasteiger partial charge in [-0.3, -0.25) is 4.68 Å². The molecular formula is C27H28N6O3. The topological polar surface area (TPSA) is 120 Å². The maximum absolute atomic E-state index is 12.5. The zero-order valence-corrected chi connectivity index (χ0v) is 19.8. The van der Waals surface area contributed by atoms with Crippen LogP contribution >= 0.6 is 0 Å². The molecule has 0 bridgehead atoms. The van der Waals surface area contributed by atoms with Crippen LogP contribution in [-0.4, -0.2) is 40.1 Å². The molecule has 0 saturated heterocycles. The van der Waals surface area contributed by atoms with Crippen molar-refractivity contribution in [2.45, 2.75) is 5.54 Å². The molecule has 0 atom stereocenters. The second-order valence-electron chi connectivity index (χ2n) is 8.12. The molecule has 9 heteroatoms. The molecule has 3 aromatic carbocycles.